The number of piperidine rings is 1. The molecule has 0 aromatic rings. The van der Waals surface area contributed by atoms with Gasteiger partial charge in [-0.05, 0) is 27.2 Å². The lowest BCUT2D eigenvalue weighted by Crippen LogP contribution is -2.52. The maximum Gasteiger partial charge on any atom is 0.407 e. The Kier molecular flexibility index (Phi) is 7.47. The molecule has 0 aliphatic carbocycles. The van der Waals surface area contributed by atoms with Crippen molar-refractivity contribution in [2.24, 2.45) is 0 Å². The molecule has 1 aliphatic rings. The van der Waals surface area contributed by atoms with Crippen molar-refractivity contribution >= 4 is 18.0 Å². The summed E-state index contributed by atoms with van der Waals surface area (Å²) in [5.74, 6) is -0.666. The lowest BCUT2D eigenvalue weighted by molar-refractivity contribution is -0.157. The summed E-state index contributed by atoms with van der Waals surface area (Å²) >= 11 is 0. The average Bonchev–Trinajstić information content (AvgIpc) is 2.51. The standard InChI is InChI=1S/C16H28N2O6/c1-16(2,3)24-15(21)17-8-6-13(19)18-9-7-11(22-4)10-12(18)14(20)23-5/h11-12H,6-10H2,1-5H3,(H,17,21)/t11-,12+/m0/s1. The van der Waals surface area contributed by atoms with Crippen LogP contribution in [0.25, 0.3) is 0 Å². The number of carbonyl (C=O) groups is 3. The predicted octanol–water partition coefficient (Wildman–Crippen LogP) is 1.08. The molecule has 138 valence electrons. The number of hydrogen-bond acceptors (Lipinski definition) is 6. The number of nitrogens with one attached hydrogen (secondary N) is 1. The van der Waals surface area contributed by atoms with Crippen molar-refractivity contribution in [1.29, 1.82) is 0 Å². The van der Waals surface area contributed by atoms with Gasteiger partial charge in [-0.15, -0.1) is 0 Å². The fourth-order valence-corrected chi connectivity index (χ4v) is 2.53. The molecular formula is C16H28N2O6. The highest BCUT2D eigenvalue weighted by Crippen LogP contribution is 2.21. The van der Waals surface area contributed by atoms with Crippen LogP contribution >= 0.6 is 0 Å². The van der Waals surface area contributed by atoms with Crippen molar-refractivity contribution in [3.05, 3.63) is 0 Å². The summed E-state index contributed by atoms with van der Waals surface area (Å²) in [6, 6.07) is -0.650. The fraction of sp³-hybridized carbons (Fsp3) is 0.812. The third-order valence-electron chi connectivity index (χ3n) is 3.69. The molecule has 0 radical (unpaired) electrons. The molecule has 2 amide bonds. The van der Waals surface area contributed by atoms with E-state index >= 15 is 0 Å². The van der Waals surface area contributed by atoms with Gasteiger partial charge in [-0.25, -0.2) is 9.59 Å². The quantitative estimate of drug-likeness (QED) is 0.750. The first-order valence-corrected chi connectivity index (χ1v) is 8.05. The number of amides is 2. The van der Waals surface area contributed by atoms with E-state index in [2.05, 4.69) is 5.32 Å². The number of esters is 1. The van der Waals surface area contributed by atoms with Crippen LogP contribution in [0.2, 0.25) is 0 Å². The normalized spacial score (nSPS) is 21.1. The summed E-state index contributed by atoms with van der Waals surface area (Å²) in [5, 5.41) is 2.54. The van der Waals surface area contributed by atoms with Gasteiger partial charge in [0.1, 0.15) is 11.6 Å². The van der Waals surface area contributed by atoms with E-state index in [4.69, 9.17) is 14.2 Å². The summed E-state index contributed by atoms with van der Waals surface area (Å²) in [7, 11) is 2.88. The maximum absolute atomic E-state index is 12.4. The largest absolute Gasteiger partial charge is 0.467 e. The summed E-state index contributed by atoms with van der Waals surface area (Å²) < 4.78 is 15.2. The van der Waals surface area contributed by atoms with Gasteiger partial charge < -0.3 is 24.4 Å². The van der Waals surface area contributed by atoms with Gasteiger partial charge in [-0.3, -0.25) is 4.79 Å². The average molecular weight is 344 g/mol. The van der Waals surface area contributed by atoms with Crippen molar-refractivity contribution < 1.29 is 28.6 Å². The Morgan fingerprint density at radius 1 is 1.21 bits per heavy atom. The molecule has 0 saturated carbocycles. The topological polar surface area (TPSA) is 94.2 Å². The number of rotatable bonds is 5. The van der Waals surface area contributed by atoms with E-state index in [0.717, 1.165) is 0 Å². The second kappa shape index (κ2) is 8.86. The Labute approximate surface area is 142 Å². The molecule has 1 fully saturated rings. The van der Waals surface area contributed by atoms with Crippen molar-refractivity contribution in [1.82, 2.24) is 10.2 Å². The highest BCUT2D eigenvalue weighted by molar-refractivity contribution is 5.85. The molecule has 8 nitrogen and oxygen atoms in total. The van der Waals surface area contributed by atoms with E-state index in [0.29, 0.717) is 19.4 Å². The Hall–Kier alpha value is -1.83. The van der Waals surface area contributed by atoms with Crippen LogP contribution < -0.4 is 5.32 Å². The Balaban J connectivity index is 2.52. The molecule has 2 atom stereocenters. The van der Waals surface area contributed by atoms with Crippen molar-refractivity contribution in [3.63, 3.8) is 0 Å². The van der Waals surface area contributed by atoms with Gasteiger partial charge in [0.05, 0.1) is 13.2 Å². The Bertz CT molecular complexity index is 460. The van der Waals surface area contributed by atoms with E-state index in [1.807, 2.05) is 0 Å². The van der Waals surface area contributed by atoms with Crippen LogP contribution in [0.5, 0.6) is 0 Å². The van der Waals surface area contributed by atoms with Crippen LogP contribution in [0.15, 0.2) is 0 Å². The zero-order valence-corrected chi connectivity index (χ0v) is 15.1. The number of likely N-dealkylation sites (tertiary alicyclic amines) is 1. The van der Waals surface area contributed by atoms with Gasteiger partial charge in [0.15, 0.2) is 0 Å². The van der Waals surface area contributed by atoms with Gasteiger partial charge in [0, 0.05) is 33.0 Å². The van der Waals surface area contributed by atoms with Gasteiger partial charge in [-0.2, -0.15) is 0 Å². The molecule has 1 saturated heterocycles. The molecular weight excluding hydrogens is 316 g/mol. The molecule has 0 aromatic carbocycles. The van der Waals surface area contributed by atoms with Gasteiger partial charge >= 0.3 is 12.1 Å². The van der Waals surface area contributed by atoms with Crippen molar-refractivity contribution in [2.45, 2.75) is 57.8 Å². The first-order valence-electron chi connectivity index (χ1n) is 8.05. The molecule has 24 heavy (non-hydrogen) atoms. The number of nitrogens with zero attached hydrogens (tertiary/aromatic N) is 1. The third kappa shape index (κ3) is 6.35. The summed E-state index contributed by atoms with van der Waals surface area (Å²) in [6.07, 6.45) is 0.518. The zero-order valence-electron chi connectivity index (χ0n) is 15.1. The first-order chi connectivity index (χ1) is 11.2. The lowest BCUT2D eigenvalue weighted by Gasteiger charge is -2.37. The molecule has 1 N–H and O–H groups in total. The number of alkyl carbamates (subject to hydrolysis) is 1. The van der Waals surface area contributed by atoms with Crippen molar-refractivity contribution in [2.75, 3.05) is 27.3 Å². The molecule has 0 spiro atoms. The molecule has 0 unspecified atom stereocenters. The molecule has 1 heterocycles. The van der Waals surface area contributed by atoms with E-state index in [1.165, 1.54) is 12.0 Å². The van der Waals surface area contributed by atoms with E-state index in [-0.39, 0.29) is 25.0 Å². The smallest absolute Gasteiger partial charge is 0.407 e. The van der Waals surface area contributed by atoms with Gasteiger partial charge in [-0.1, -0.05) is 0 Å². The van der Waals surface area contributed by atoms with Crippen molar-refractivity contribution in [3.8, 4) is 0 Å². The maximum atomic E-state index is 12.4. The van der Waals surface area contributed by atoms with Crippen LogP contribution in [0.1, 0.15) is 40.0 Å². The minimum absolute atomic E-state index is 0.0713. The minimum atomic E-state index is -0.650. The molecule has 0 bridgehead atoms. The zero-order chi connectivity index (χ0) is 18.3. The molecule has 1 rings (SSSR count). The Morgan fingerprint density at radius 2 is 1.88 bits per heavy atom. The van der Waals surface area contributed by atoms with E-state index in [1.54, 1.807) is 27.9 Å². The van der Waals surface area contributed by atoms with Gasteiger partial charge in [0.25, 0.3) is 0 Å². The monoisotopic (exact) mass is 344 g/mol. The minimum Gasteiger partial charge on any atom is -0.467 e. The highest BCUT2D eigenvalue weighted by atomic mass is 16.6. The van der Waals surface area contributed by atoms with Crippen LogP contribution in [0.3, 0.4) is 0 Å². The number of methoxy groups -OCH3 is 2. The molecule has 8 heteroatoms. The third-order valence-corrected chi connectivity index (χ3v) is 3.69. The Morgan fingerprint density at radius 3 is 2.42 bits per heavy atom. The van der Waals surface area contributed by atoms with E-state index in [9.17, 15) is 14.4 Å². The molecule has 1 aliphatic heterocycles. The van der Waals surface area contributed by atoms with Crippen LogP contribution in [0, 0.1) is 0 Å². The summed E-state index contributed by atoms with van der Waals surface area (Å²) in [4.78, 5) is 37.4. The second-order valence-electron chi connectivity index (χ2n) is 6.69. The first kappa shape index (κ1) is 20.2. The summed E-state index contributed by atoms with van der Waals surface area (Å²) in [5.41, 5.74) is -0.591. The number of carbonyl (C=O) groups excluding carboxylic acids is 3. The van der Waals surface area contributed by atoms with E-state index < -0.39 is 23.7 Å². The lowest BCUT2D eigenvalue weighted by atomic mass is 9.98. The molecule has 0 aromatic heterocycles. The SMILES string of the molecule is COC(=O)[C@H]1C[C@@H](OC)CCN1C(=O)CCNC(=O)OC(C)(C)C. The van der Waals surface area contributed by atoms with Crippen LogP contribution in [-0.4, -0.2) is 67.9 Å². The number of hydrogen-bond donors (Lipinski definition) is 1. The predicted molar refractivity (Wildman–Crippen MR) is 86.4 cm³/mol. The van der Waals surface area contributed by atoms with Crippen LogP contribution in [-0.2, 0) is 23.8 Å². The highest BCUT2D eigenvalue weighted by Gasteiger charge is 2.36. The fourth-order valence-electron chi connectivity index (χ4n) is 2.53. The number of ether oxygens (including phenoxy) is 3. The van der Waals surface area contributed by atoms with Crippen LogP contribution in [0.4, 0.5) is 4.79 Å². The second-order valence-corrected chi connectivity index (χ2v) is 6.69. The summed E-state index contributed by atoms with van der Waals surface area (Å²) in [6.45, 7) is 5.85. The van der Waals surface area contributed by atoms with Gasteiger partial charge in [0.2, 0.25) is 5.91 Å².